The van der Waals surface area contributed by atoms with Gasteiger partial charge in [-0.3, -0.25) is 4.79 Å². The number of sulfonamides is 1. The van der Waals surface area contributed by atoms with Crippen LogP contribution in [0, 0.1) is 0 Å². The largest absolute Gasteiger partial charge is 0.482 e. The first-order chi connectivity index (χ1) is 9.77. The van der Waals surface area contributed by atoms with E-state index in [1.54, 1.807) is 14.1 Å². The molecule has 0 aliphatic heterocycles. The van der Waals surface area contributed by atoms with Crippen LogP contribution in [0.25, 0.3) is 0 Å². The molecule has 1 N–H and O–H groups in total. The van der Waals surface area contributed by atoms with Crippen LogP contribution in [0.3, 0.4) is 0 Å². The summed E-state index contributed by atoms with van der Waals surface area (Å²) in [5.74, 6) is 0.0185. The SMILES string of the molecule is C=CCNS(=O)(=O)c1ccc(OCC(=O)N(C)C)c(Cl)c1. The minimum Gasteiger partial charge on any atom is -0.482 e. The lowest BCUT2D eigenvalue weighted by molar-refractivity contribution is -0.130. The Morgan fingerprint density at radius 1 is 1.48 bits per heavy atom. The van der Waals surface area contributed by atoms with E-state index in [0.29, 0.717) is 0 Å². The molecule has 8 heteroatoms. The van der Waals surface area contributed by atoms with Gasteiger partial charge in [-0.05, 0) is 18.2 Å². The van der Waals surface area contributed by atoms with E-state index in [1.807, 2.05) is 0 Å². The number of hydrogen-bond acceptors (Lipinski definition) is 4. The summed E-state index contributed by atoms with van der Waals surface area (Å²) < 4.78 is 31.4. The fourth-order valence-corrected chi connectivity index (χ4v) is 2.61. The van der Waals surface area contributed by atoms with Crippen molar-refractivity contribution in [2.24, 2.45) is 0 Å². The Morgan fingerprint density at radius 3 is 2.67 bits per heavy atom. The van der Waals surface area contributed by atoms with Crippen molar-refractivity contribution in [3.05, 3.63) is 35.9 Å². The second-order valence-electron chi connectivity index (χ2n) is 4.31. The predicted octanol–water partition coefficient (Wildman–Crippen LogP) is 1.27. The Labute approximate surface area is 129 Å². The molecule has 0 fully saturated rings. The van der Waals surface area contributed by atoms with E-state index >= 15 is 0 Å². The third-order valence-corrected chi connectivity index (χ3v) is 4.20. The molecule has 1 aromatic carbocycles. The maximum atomic E-state index is 11.9. The van der Waals surface area contributed by atoms with E-state index in [2.05, 4.69) is 11.3 Å². The Kier molecular flexibility index (Phi) is 6.19. The summed E-state index contributed by atoms with van der Waals surface area (Å²) in [7, 11) is -0.432. The van der Waals surface area contributed by atoms with E-state index in [9.17, 15) is 13.2 Å². The maximum absolute atomic E-state index is 11.9. The standard InChI is InChI=1S/C13H17ClN2O4S/c1-4-7-15-21(18,19)10-5-6-12(11(14)8-10)20-9-13(17)16(2)3/h4-6,8,15H,1,7,9H2,2-3H3. The molecule has 1 rings (SSSR count). The molecule has 1 aromatic rings. The summed E-state index contributed by atoms with van der Waals surface area (Å²) in [5, 5.41) is 0.114. The smallest absolute Gasteiger partial charge is 0.259 e. The first-order valence-corrected chi connectivity index (χ1v) is 7.87. The number of ether oxygens (including phenoxy) is 1. The highest BCUT2D eigenvalue weighted by Gasteiger charge is 2.15. The zero-order valence-electron chi connectivity index (χ0n) is 11.8. The van der Waals surface area contributed by atoms with E-state index in [4.69, 9.17) is 16.3 Å². The van der Waals surface area contributed by atoms with Crippen molar-refractivity contribution in [1.29, 1.82) is 0 Å². The van der Waals surface area contributed by atoms with Gasteiger partial charge in [-0.15, -0.1) is 6.58 Å². The molecule has 0 saturated carbocycles. The highest BCUT2D eigenvalue weighted by Crippen LogP contribution is 2.27. The number of benzene rings is 1. The zero-order chi connectivity index (χ0) is 16.0. The van der Waals surface area contributed by atoms with Gasteiger partial charge in [-0.2, -0.15) is 0 Å². The molecule has 0 bridgehead atoms. The lowest BCUT2D eigenvalue weighted by Crippen LogP contribution is -2.27. The molecule has 21 heavy (non-hydrogen) atoms. The van der Waals surface area contributed by atoms with Gasteiger partial charge in [0.15, 0.2) is 6.61 Å². The lowest BCUT2D eigenvalue weighted by atomic mass is 10.3. The second kappa shape index (κ2) is 7.44. The van der Waals surface area contributed by atoms with E-state index in [-0.39, 0.29) is 34.7 Å². The van der Waals surface area contributed by atoms with Crippen molar-refractivity contribution in [2.75, 3.05) is 27.2 Å². The number of nitrogens with one attached hydrogen (secondary N) is 1. The molecule has 116 valence electrons. The number of rotatable bonds is 7. The molecule has 0 aliphatic rings. The number of carbonyl (C=O) groups is 1. The van der Waals surface area contributed by atoms with Crippen molar-refractivity contribution in [1.82, 2.24) is 9.62 Å². The fraction of sp³-hybridized carbons (Fsp3) is 0.308. The summed E-state index contributed by atoms with van der Waals surface area (Å²) >= 11 is 5.97. The Bertz CT molecular complexity index is 629. The molecular weight excluding hydrogens is 316 g/mol. The van der Waals surface area contributed by atoms with Crippen LogP contribution in [0.2, 0.25) is 5.02 Å². The van der Waals surface area contributed by atoms with Gasteiger partial charge in [0.1, 0.15) is 5.75 Å². The van der Waals surface area contributed by atoms with Gasteiger partial charge in [-0.1, -0.05) is 17.7 Å². The number of nitrogens with zero attached hydrogens (tertiary/aromatic N) is 1. The van der Waals surface area contributed by atoms with Crippen LogP contribution in [0.5, 0.6) is 5.75 Å². The molecule has 0 saturated heterocycles. The number of halogens is 1. The molecule has 6 nitrogen and oxygen atoms in total. The first-order valence-electron chi connectivity index (χ1n) is 6.01. The van der Waals surface area contributed by atoms with Gasteiger partial charge < -0.3 is 9.64 Å². The average molecular weight is 333 g/mol. The maximum Gasteiger partial charge on any atom is 0.259 e. The number of carbonyl (C=O) groups excluding carboxylic acids is 1. The molecule has 0 atom stereocenters. The van der Waals surface area contributed by atoms with Gasteiger partial charge >= 0.3 is 0 Å². The number of likely N-dealkylation sites (N-methyl/N-ethyl adjacent to an activating group) is 1. The summed E-state index contributed by atoms with van der Waals surface area (Å²) in [6.45, 7) is 3.38. The van der Waals surface area contributed by atoms with Crippen LogP contribution in [0.4, 0.5) is 0 Å². The quantitative estimate of drug-likeness (QED) is 0.763. The van der Waals surface area contributed by atoms with Crippen LogP contribution in [0.15, 0.2) is 35.7 Å². The molecule has 0 spiro atoms. The monoisotopic (exact) mass is 332 g/mol. The van der Waals surface area contributed by atoms with Crippen LogP contribution in [-0.2, 0) is 14.8 Å². The average Bonchev–Trinajstić information content (AvgIpc) is 2.43. The Hall–Kier alpha value is -1.57. The summed E-state index contributed by atoms with van der Waals surface area (Å²) in [6, 6.07) is 4.03. The van der Waals surface area contributed by atoms with Gasteiger partial charge in [0.25, 0.3) is 5.91 Å². The molecule has 0 aliphatic carbocycles. The van der Waals surface area contributed by atoms with Gasteiger partial charge in [-0.25, -0.2) is 13.1 Å². The van der Waals surface area contributed by atoms with Crippen LogP contribution in [0.1, 0.15) is 0 Å². The topological polar surface area (TPSA) is 75.7 Å². The number of hydrogen-bond donors (Lipinski definition) is 1. The van der Waals surface area contributed by atoms with Crippen LogP contribution < -0.4 is 9.46 Å². The van der Waals surface area contributed by atoms with Crippen LogP contribution in [-0.4, -0.2) is 46.5 Å². The van der Waals surface area contributed by atoms with Crippen molar-refractivity contribution in [3.63, 3.8) is 0 Å². The zero-order valence-corrected chi connectivity index (χ0v) is 13.4. The second-order valence-corrected chi connectivity index (χ2v) is 6.48. The third-order valence-electron chi connectivity index (χ3n) is 2.48. The Morgan fingerprint density at radius 2 is 2.14 bits per heavy atom. The summed E-state index contributed by atoms with van der Waals surface area (Å²) in [6.07, 6.45) is 1.43. The van der Waals surface area contributed by atoms with Crippen molar-refractivity contribution in [2.45, 2.75) is 4.90 Å². The molecular formula is C13H17ClN2O4S. The summed E-state index contributed by atoms with van der Waals surface area (Å²) in [5.41, 5.74) is 0. The minimum absolute atomic E-state index is 0.0145. The van der Waals surface area contributed by atoms with Crippen molar-refractivity contribution < 1.29 is 17.9 Å². The molecule has 0 radical (unpaired) electrons. The van der Waals surface area contributed by atoms with Gasteiger partial charge in [0.2, 0.25) is 10.0 Å². The first kappa shape index (κ1) is 17.5. The van der Waals surface area contributed by atoms with E-state index in [0.717, 1.165) is 0 Å². The minimum atomic E-state index is -3.64. The molecule has 0 unspecified atom stereocenters. The lowest BCUT2D eigenvalue weighted by Gasteiger charge is -2.13. The molecule has 0 heterocycles. The van der Waals surface area contributed by atoms with E-state index in [1.165, 1.54) is 29.2 Å². The van der Waals surface area contributed by atoms with Crippen molar-refractivity contribution >= 4 is 27.5 Å². The van der Waals surface area contributed by atoms with Gasteiger partial charge in [0.05, 0.1) is 9.92 Å². The predicted molar refractivity (Wildman–Crippen MR) is 81.0 cm³/mol. The van der Waals surface area contributed by atoms with Crippen LogP contribution >= 0.6 is 11.6 Å². The molecule has 1 amide bonds. The highest BCUT2D eigenvalue weighted by atomic mass is 35.5. The normalized spacial score (nSPS) is 11.0. The van der Waals surface area contributed by atoms with Gasteiger partial charge in [0, 0.05) is 20.6 Å². The van der Waals surface area contributed by atoms with Crippen molar-refractivity contribution in [3.8, 4) is 5.75 Å². The summed E-state index contributed by atoms with van der Waals surface area (Å²) in [4.78, 5) is 12.8. The van der Waals surface area contributed by atoms with E-state index < -0.39 is 10.0 Å². The number of amides is 1. The Balaban J connectivity index is 2.86. The fourth-order valence-electron chi connectivity index (χ4n) is 1.29. The molecule has 0 aromatic heterocycles. The highest BCUT2D eigenvalue weighted by molar-refractivity contribution is 7.89. The third kappa shape index (κ3) is 5.04.